The average Bonchev–Trinajstić information content (AvgIpc) is 2.65. The maximum Gasteiger partial charge on any atom is 0.382 e. The molecular weight excluding hydrogens is 394 g/mol. The zero-order chi connectivity index (χ0) is 22.7. The fraction of sp³-hybridized carbons (Fsp3) is 0.391. The zero-order valence-corrected chi connectivity index (χ0v) is 17.6. The van der Waals surface area contributed by atoms with Gasteiger partial charge in [-0.1, -0.05) is 51.1 Å². The van der Waals surface area contributed by atoms with Gasteiger partial charge in [0.15, 0.2) is 0 Å². The molecule has 1 N–H and O–H groups in total. The highest BCUT2D eigenvalue weighted by Crippen LogP contribution is 2.36. The van der Waals surface area contributed by atoms with E-state index in [4.69, 9.17) is 14.6 Å². The number of halogens is 2. The van der Waals surface area contributed by atoms with E-state index in [0.717, 1.165) is 0 Å². The van der Waals surface area contributed by atoms with Crippen molar-refractivity contribution in [3.63, 3.8) is 0 Å². The van der Waals surface area contributed by atoms with Crippen LogP contribution < -0.4 is 4.74 Å². The van der Waals surface area contributed by atoms with Crippen molar-refractivity contribution in [2.24, 2.45) is 5.41 Å². The largest absolute Gasteiger partial charge is 0.487 e. The maximum atomic E-state index is 14.2. The van der Waals surface area contributed by atoms with Crippen LogP contribution in [0.15, 0.2) is 54.6 Å². The van der Waals surface area contributed by atoms with Crippen molar-refractivity contribution >= 4 is 11.9 Å². The van der Waals surface area contributed by atoms with E-state index in [1.54, 1.807) is 6.07 Å². The van der Waals surface area contributed by atoms with Gasteiger partial charge in [-0.25, -0.2) is 9.59 Å². The van der Waals surface area contributed by atoms with E-state index in [1.807, 2.05) is 34.6 Å². The number of carboxylic acids is 1. The summed E-state index contributed by atoms with van der Waals surface area (Å²) in [6.45, 7) is 9.97. The van der Waals surface area contributed by atoms with Gasteiger partial charge >= 0.3 is 17.9 Å². The number of aliphatic carboxylic acids is 1. The smallest absolute Gasteiger partial charge is 0.382 e. The molecule has 0 aliphatic heterocycles. The number of esters is 1. The molecule has 0 saturated carbocycles. The van der Waals surface area contributed by atoms with Gasteiger partial charge in [0.2, 0.25) is 6.10 Å². The van der Waals surface area contributed by atoms with Crippen molar-refractivity contribution in [2.45, 2.75) is 52.2 Å². The van der Waals surface area contributed by atoms with E-state index in [2.05, 4.69) is 0 Å². The van der Waals surface area contributed by atoms with Crippen LogP contribution >= 0.6 is 0 Å². The topological polar surface area (TPSA) is 72.8 Å². The molecule has 2 aromatic rings. The Morgan fingerprint density at radius 2 is 1.43 bits per heavy atom. The van der Waals surface area contributed by atoms with Crippen LogP contribution in [0.25, 0.3) is 0 Å². The van der Waals surface area contributed by atoms with Crippen molar-refractivity contribution in [3.8, 4) is 5.75 Å². The van der Waals surface area contributed by atoms with Gasteiger partial charge in [0.25, 0.3) is 0 Å². The molecular formula is C23H26F2O5. The number of hydrogen-bond acceptors (Lipinski definition) is 4. The van der Waals surface area contributed by atoms with Crippen molar-refractivity contribution in [3.05, 3.63) is 65.7 Å². The first-order valence-corrected chi connectivity index (χ1v) is 9.42. The van der Waals surface area contributed by atoms with E-state index < -0.39 is 29.6 Å². The Labute approximate surface area is 174 Å². The van der Waals surface area contributed by atoms with E-state index >= 15 is 0 Å². The molecule has 5 nitrogen and oxygen atoms in total. The second-order valence-electron chi connectivity index (χ2n) is 8.51. The third kappa shape index (κ3) is 5.14. The van der Waals surface area contributed by atoms with Gasteiger partial charge in [0.1, 0.15) is 11.4 Å². The number of ether oxygens (including phenoxy) is 2. The van der Waals surface area contributed by atoms with Gasteiger partial charge in [-0.15, -0.1) is 0 Å². The summed E-state index contributed by atoms with van der Waals surface area (Å²) in [6.07, 6.45) is -2.26. The first kappa shape index (κ1) is 23.3. The summed E-state index contributed by atoms with van der Waals surface area (Å²) in [5, 5.41) is 8.91. The van der Waals surface area contributed by atoms with Crippen LogP contribution in [-0.2, 0) is 9.53 Å². The monoisotopic (exact) mass is 420 g/mol. The lowest BCUT2D eigenvalue weighted by Gasteiger charge is -2.39. The number of carbonyl (C=O) groups is 2. The number of carbonyl (C=O) groups excluding carboxylic acids is 1. The summed E-state index contributed by atoms with van der Waals surface area (Å²) in [6, 6.07) is 12.9. The molecule has 0 saturated heterocycles. The fourth-order valence-electron chi connectivity index (χ4n) is 2.37. The van der Waals surface area contributed by atoms with Gasteiger partial charge in [-0.3, -0.25) is 0 Å². The highest BCUT2D eigenvalue weighted by Gasteiger charge is 2.51. The third-order valence-corrected chi connectivity index (χ3v) is 5.21. The van der Waals surface area contributed by atoms with Crippen molar-refractivity contribution < 1.29 is 33.0 Å². The van der Waals surface area contributed by atoms with E-state index in [0.29, 0.717) is 5.75 Å². The maximum absolute atomic E-state index is 14.2. The standard InChI is InChI=1S/C23H26F2O5/c1-21(2,3)22(4,5)30-17-13-11-16(12-14-17)19(26)29-18(23(24,25)20(27)28)15-9-7-6-8-10-15/h6-14,18H,1-5H3,(H,27,28). The average molecular weight is 420 g/mol. The first-order chi connectivity index (χ1) is 13.8. The molecule has 0 bridgehead atoms. The van der Waals surface area contributed by atoms with Crippen LogP contribution in [0.3, 0.4) is 0 Å². The second-order valence-corrected chi connectivity index (χ2v) is 8.51. The number of hydrogen-bond donors (Lipinski definition) is 1. The molecule has 0 radical (unpaired) electrons. The van der Waals surface area contributed by atoms with Crippen LogP contribution in [0.4, 0.5) is 8.78 Å². The Bertz CT molecular complexity index is 884. The summed E-state index contributed by atoms with van der Waals surface area (Å²) in [7, 11) is 0. The molecule has 162 valence electrons. The predicted octanol–water partition coefficient (Wildman–Crippen LogP) is 5.51. The van der Waals surface area contributed by atoms with Crippen LogP contribution in [0.5, 0.6) is 5.75 Å². The van der Waals surface area contributed by atoms with Crippen LogP contribution in [0.1, 0.15) is 56.6 Å². The third-order valence-electron chi connectivity index (χ3n) is 5.21. The quantitative estimate of drug-likeness (QED) is 0.598. The predicted molar refractivity (Wildman–Crippen MR) is 108 cm³/mol. The molecule has 1 unspecified atom stereocenters. The van der Waals surface area contributed by atoms with E-state index in [9.17, 15) is 18.4 Å². The lowest BCUT2D eigenvalue weighted by Crippen LogP contribution is -2.42. The SMILES string of the molecule is CC(C)(C)C(C)(C)Oc1ccc(C(=O)OC(c2ccccc2)C(F)(F)C(=O)O)cc1. The van der Waals surface area contributed by atoms with Gasteiger partial charge < -0.3 is 14.6 Å². The molecule has 0 fully saturated rings. The lowest BCUT2D eigenvalue weighted by molar-refractivity contribution is -0.183. The highest BCUT2D eigenvalue weighted by molar-refractivity contribution is 5.90. The Kier molecular flexibility index (Phi) is 6.54. The number of carboxylic acid groups (broad SMARTS) is 1. The summed E-state index contributed by atoms with van der Waals surface area (Å²) >= 11 is 0. The molecule has 0 spiro atoms. The van der Waals surface area contributed by atoms with E-state index in [-0.39, 0.29) is 16.5 Å². The van der Waals surface area contributed by atoms with Crippen molar-refractivity contribution in [1.29, 1.82) is 0 Å². The first-order valence-electron chi connectivity index (χ1n) is 9.42. The van der Waals surface area contributed by atoms with Crippen molar-refractivity contribution in [2.75, 3.05) is 0 Å². The summed E-state index contributed by atoms with van der Waals surface area (Å²) in [4.78, 5) is 23.5. The molecule has 2 rings (SSSR count). The second kappa shape index (κ2) is 8.42. The fourth-order valence-corrected chi connectivity index (χ4v) is 2.37. The van der Waals surface area contributed by atoms with Crippen LogP contribution in [-0.4, -0.2) is 28.6 Å². The molecule has 0 heterocycles. The van der Waals surface area contributed by atoms with Gasteiger partial charge in [0.05, 0.1) is 5.56 Å². The Balaban J connectivity index is 2.23. The number of benzene rings is 2. The molecule has 30 heavy (non-hydrogen) atoms. The zero-order valence-electron chi connectivity index (χ0n) is 17.6. The Hall–Kier alpha value is -2.96. The molecule has 2 aromatic carbocycles. The van der Waals surface area contributed by atoms with Gasteiger partial charge in [-0.2, -0.15) is 8.78 Å². The molecule has 0 aliphatic rings. The van der Waals surface area contributed by atoms with Crippen LogP contribution in [0.2, 0.25) is 0 Å². The molecule has 0 aliphatic carbocycles. The molecule has 0 aromatic heterocycles. The molecule has 1 atom stereocenters. The van der Waals surface area contributed by atoms with Crippen LogP contribution in [0, 0.1) is 5.41 Å². The molecule has 7 heteroatoms. The Morgan fingerprint density at radius 1 is 0.900 bits per heavy atom. The summed E-state index contributed by atoms with van der Waals surface area (Å²) < 4.78 is 39.4. The minimum absolute atomic E-state index is 0.00182. The summed E-state index contributed by atoms with van der Waals surface area (Å²) in [5.74, 6) is -7.23. The Morgan fingerprint density at radius 3 is 1.90 bits per heavy atom. The highest BCUT2D eigenvalue weighted by atomic mass is 19.3. The lowest BCUT2D eigenvalue weighted by atomic mass is 9.79. The number of alkyl halides is 2. The molecule has 0 amide bonds. The summed E-state index contributed by atoms with van der Waals surface area (Å²) in [5.41, 5.74) is -0.782. The van der Waals surface area contributed by atoms with Crippen molar-refractivity contribution in [1.82, 2.24) is 0 Å². The van der Waals surface area contributed by atoms with Gasteiger partial charge in [-0.05, 0) is 43.7 Å². The van der Waals surface area contributed by atoms with Gasteiger partial charge in [0, 0.05) is 5.41 Å². The van der Waals surface area contributed by atoms with E-state index in [1.165, 1.54) is 48.5 Å². The minimum atomic E-state index is -4.29. The number of rotatable bonds is 7. The minimum Gasteiger partial charge on any atom is -0.487 e. The normalized spacial score (nSPS) is 13.4.